The van der Waals surface area contributed by atoms with Crippen LogP contribution in [-0.4, -0.2) is 4.99 Å². The van der Waals surface area contributed by atoms with E-state index in [1.165, 1.54) is 5.56 Å². The van der Waals surface area contributed by atoms with Gasteiger partial charge >= 0.3 is 0 Å². The highest BCUT2D eigenvalue weighted by Gasteiger charge is 1.97. The fraction of sp³-hybridized carbons (Fsp3) is 0.0714. The Morgan fingerprint density at radius 3 is 2.35 bits per heavy atom. The summed E-state index contributed by atoms with van der Waals surface area (Å²) < 4.78 is 0. The molecule has 2 aromatic rings. The summed E-state index contributed by atoms with van der Waals surface area (Å²) in [5.41, 5.74) is 9.76. The summed E-state index contributed by atoms with van der Waals surface area (Å²) in [6, 6.07) is 16.0. The van der Waals surface area contributed by atoms with Crippen LogP contribution in [0.5, 0.6) is 0 Å². The first-order valence-electron chi connectivity index (χ1n) is 5.39. The normalized spacial score (nSPS) is 9.94. The third-order valence-corrected chi connectivity index (χ3v) is 2.71. The highest BCUT2D eigenvalue weighted by Crippen LogP contribution is 2.17. The zero-order valence-electron chi connectivity index (χ0n) is 9.60. The first-order valence-corrected chi connectivity index (χ1v) is 5.79. The Bertz CT molecular complexity index is 532. The molecule has 0 unspecified atom stereocenters. The Morgan fingerprint density at radius 1 is 1.06 bits per heavy atom. The SMILES string of the molecule is Cc1cccc(Nc2ccc(C(N)=S)cc2)c1. The van der Waals surface area contributed by atoms with E-state index in [0.29, 0.717) is 4.99 Å². The van der Waals surface area contributed by atoms with Crippen LogP contribution in [0, 0.1) is 6.92 Å². The lowest BCUT2D eigenvalue weighted by Crippen LogP contribution is -2.08. The molecule has 0 heterocycles. The molecule has 0 amide bonds. The molecule has 2 aromatic carbocycles. The maximum atomic E-state index is 5.55. The van der Waals surface area contributed by atoms with Crippen molar-refractivity contribution in [1.29, 1.82) is 0 Å². The van der Waals surface area contributed by atoms with Gasteiger partial charge in [0.25, 0.3) is 0 Å². The predicted molar refractivity (Wildman–Crippen MR) is 76.8 cm³/mol. The minimum Gasteiger partial charge on any atom is -0.389 e. The number of anilines is 2. The highest BCUT2D eigenvalue weighted by atomic mass is 32.1. The van der Waals surface area contributed by atoms with Crippen LogP contribution in [-0.2, 0) is 0 Å². The Hall–Kier alpha value is -1.87. The van der Waals surface area contributed by atoms with Crippen LogP contribution in [0.1, 0.15) is 11.1 Å². The molecule has 0 spiro atoms. The molecule has 0 radical (unpaired) electrons. The number of nitrogens with two attached hydrogens (primary N) is 1. The van der Waals surface area contributed by atoms with Gasteiger partial charge in [0.1, 0.15) is 4.99 Å². The Kier molecular flexibility index (Phi) is 3.40. The quantitative estimate of drug-likeness (QED) is 0.810. The molecule has 0 bridgehead atoms. The summed E-state index contributed by atoms with van der Waals surface area (Å²) in [5.74, 6) is 0. The molecule has 0 aliphatic heterocycles. The fourth-order valence-electron chi connectivity index (χ4n) is 1.61. The molecule has 0 atom stereocenters. The first kappa shape index (κ1) is 11.6. The van der Waals surface area contributed by atoms with Crippen LogP contribution in [0.3, 0.4) is 0 Å². The molecule has 86 valence electrons. The maximum Gasteiger partial charge on any atom is 0.103 e. The lowest BCUT2D eigenvalue weighted by molar-refractivity contribution is 1.45. The summed E-state index contributed by atoms with van der Waals surface area (Å²) in [7, 11) is 0. The van der Waals surface area contributed by atoms with Crippen molar-refractivity contribution in [3.8, 4) is 0 Å². The third-order valence-electron chi connectivity index (χ3n) is 2.48. The molecule has 3 N–H and O–H groups in total. The molecule has 0 saturated carbocycles. The number of hydrogen-bond donors (Lipinski definition) is 2. The van der Waals surface area contributed by atoms with Gasteiger partial charge in [0.15, 0.2) is 0 Å². The van der Waals surface area contributed by atoms with Gasteiger partial charge in [-0.15, -0.1) is 0 Å². The first-order chi connectivity index (χ1) is 8.15. The number of aryl methyl sites for hydroxylation is 1. The number of thiocarbonyl (C=S) groups is 1. The van der Waals surface area contributed by atoms with E-state index >= 15 is 0 Å². The highest BCUT2D eigenvalue weighted by molar-refractivity contribution is 7.80. The fourth-order valence-corrected chi connectivity index (χ4v) is 1.74. The van der Waals surface area contributed by atoms with Crippen molar-refractivity contribution < 1.29 is 0 Å². The zero-order chi connectivity index (χ0) is 12.3. The Balaban J connectivity index is 2.16. The van der Waals surface area contributed by atoms with Crippen LogP contribution in [0.25, 0.3) is 0 Å². The molecular formula is C14H14N2S. The Morgan fingerprint density at radius 2 is 1.76 bits per heavy atom. The summed E-state index contributed by atoms with van der Waals surface area (Å²) in [6.07, 6.45) is 0. The van der Waals surface area contributed by atoms with E-state index in [1.54, 1.807) is 0 Å². The molecule has 0 aromatic heterocycles. The van der Waals surface area contributed by atoms with Gasteiger partial charge in [-0.25, -0.2) is 0 Å². The van der Waals surface area contributed by atoms with Crippen molar-refractivity contribution in [1.82, 2.24) is 0 Å². The van der Waals surface area contributed by atoms with Crippen LogP contribution < -0.4 is 11.1 Å². The van der Waals surface area contributed by atoms with Crippen molar-refractivity contribution in [3.05, 3.63) is 59.7 Å². The Labute approximate surface area is 106 Å². The number of hydrogen-bond acceptors (Lipinski definition) is 2. The summed E-state index contributed by atoms with van der Waals surface area (Å²) >= 11 is 4.91. The number of nitrogens with one attached hydrogen (secondary N) is 1. The van der Waals surface area contributed by atoms with Gasteiger partial charge in [0, 0.05) is 16.9 Å². The lowest BCUT2D eigenvalue weighted by Gasteiger charge is -2.07. The molecule has 2 rings (SSSR count). The van der Waals surface area contributed by atoms with E-state index in [4.69, 9.17) is 18.0 Å². The molecule has 2 nitrogen and oxygen atoms in total. The van der Waals surface area contributed by atoms with E-state index < -0.39 is 0 Å². The average molecular weight is 242 g/mol. The minimum absolute atomic E-state index is 0.423. The van der Waals surface area contributed by atoms with Crippen LogP contribution >= 0.6 is 12.2 Å². The third kappa shape index (κ3) is 3.04. The number of rotatable bonds is 3. The molecule has 17 heavy (non-hydrogen) atoms. The maximum absolute atomic E-state index is 5.55. The van der Waals surface area contributed by atoms with Gasteiger partial charge in [0.05, 0.1) is 0 Å². The van der Waals surface area contributed by atoms with Crippen molar-refractivity contribution in [2.24, 2.45) is 5.73 Å². The van der Waals surface area contributed by atoms with Crippen molar-refractivity contribution in [3.63, 3.8) is 0 Å². The number of benzene rings is 2. The van der Waals surface area contributed by atoms with Gasteiger partial charge in [-0.3, -0.25) is 0 Å². The standard InChI is InChI=1S/C14H14N2S/c1-10-3-2-4-13(9-10)16-12-7-5-11(6-8-12)14(15)17/h2-9,16H,1H3,(H2,15,17). The van der Waals surface area contributed by atoms with E-state index in [9.17, 15) is 0 Å². The van der Waals surface area contributed by atoms with E-state index in [-0.39, 0.29) is 0 Å². The summed E-state index contributed by atoms with van der Waals surface area (Å²) in [5, 5.41) is 3.33. The molecule has 0 aliphatic carbocycles. The minimum atomic E-state index is 0.423. The van der Waals surface area contributed by atoms with Crippen LogP contribution in [0.15, 0.2) is 48.5 Å². The van der Waals surface area contributed by atoms with Crippen molar-refractivity contribution >= 4 is 28.6 Å². The molecular weight excluding hydrogens is 228 g/mol. The van der Waals surface area contributed by atoms with Gasteiger partial charge in [-0.2, -0.15) is 0 Å². The van der Waals surface area contributed by atoms with Crippen LogP contribution in [0.4, 0.5) is 11.4 Å². The van der Waals surface area contributed by atoms with Gasteiger partial charge in [-0.05, 0) is 48.9 Å². The van der Waals surface area contributed by atoms with Gasteiger partial charge < -0.3 is 11.1 Å². The average Bonchev–Trinajstić information content (AvgIpc) is 2.29. The van der Waals surface area contributed by atoms with Crippen molar-refractivity contribution in [2.75, 3.05) is 5.32 Å². The molecule has 0 fully saturated rings. The largest absolute Gasteiger partial charge is 0.389 e. The zero-order valence-corrected chi connectivity index (χ0v) is 10.4. The smallest absolute Gasteiger partial charge is 0.103 e. The summed E-state index contributed by atoms with van der Waals surface area (Å²) in [4.78, 5) is 0.423. The molecule has 3 heteroatoms. The lowest BCUT2D eigenvalue weighted by atomic mass is 10.2. The monoisotopic (exact) mass is 242 g/mol. The molecule has 0 saturated heterocycles. The topological polar surface area (TPSA) is 38.0 Å². The second-order valence-electron chi connectivity index (χ2n) is 3.94. The second kappa shape index (κ2) is 4.97. The summed E-state index contributed by atoms with van der Waals surface area (Å²) in [6.45, 7) is 2.07. The van der Waals surface area contributed by atoms with E-state index in [0.717, 1.165) is 16.9 Å². The predicted octanol–water partition coefficient (Wildman–Crippen LogP) is 3.37. The van der Waals surface area contributed by atoms with E-state index in [1.807, 2.05) is 36.4 Å². The van der Waals surface area contributed by atoms with Gasteiger partial charge in [0.2, 0.25) is 0 Å². The molecule has 0 aliphatic rings. The van der Waals surface area contributed by atoms with E-state index in [2.05, 4.69) is 24.4 Å². The van der Waals surface area contributed by atoms with Crippen molar-refractivity contribution in [2.45, 2.75) is 6.92 Å². The van der Waals surface area contributed by atoms with Crippen LogP contribution in [0.2, 0.25) is 0 Å². The van der Waals surface area contributed by atoms with Gasteiger partial charge in [-0.1, -0.05) is 24.4 Å². The second-order valence-corrected chi connectivity index (χ2v) is 4.38.